The van der Waals surface area contributed by atoms with Gasteiger partial charge in [0, 0.05) is 36.4 Å². The van der Waals surface area contributed by atoms with Gasteiger partial charge in [0.05, 0.1) is 10.8 Å². The number of nitrogens with zero attached hydrogens (tertiary/aromatic N) is 2. The van der Waals surface area contributed by atoms with Crippen molar-refractivity contribution in [2.24, 2.45) is 11.8 Å². The number of amides is 2. The van der Waals surface area contributed by atoms with Crippen molar-refractivity contribution in [3.05, 3.63) is 53.6 Å². The van der Waals surface area contributed by atoms with E-state index in [0.29, 0.717) is 25.8 Å². The normalized spacial score (nSPS) is 22.9. The van der Waals surface area contributed by atoms with Crippen molar-refractivity contribution in [2.75, 3.05) is 23.3 Å². The third kappa shape index (κ3) is 4.25. The van der Waals surface area contributed by atoms with E-state index in [1.165, 1.54) is 4.31 Å². The average Bonchev–Trinajstić information content (AvgIpc) is 3.62. The van der Waals surface area contributed by atoms with E-state index in [9.17, 15) is 18.0 Å². The summed E-state index contributed by atoms with van der Waals surface area (Å²) in [5.74, 6) is -0.274. The van der Waals surface area contributed by atoms with Crippen molar-refractivity contribution in [1.29, 1.82) is 0 Å². The summed E-state index contributed by atoms with van der Waals surface area (Å²) >= 11 is 0. The monoisotopic (exact) mass is 481 g/mol. The molecular formula is C26H31N3O4S. The third-order valence-corrected chi connectivity index (χ3v) is 9.09. The Labute approximate surface area is 201 Å². The number of anilines is 2. The van der Waals surface area contributed by atoms with Crippen LogP contribution in [-0.2, 0) is 26.0 Å². The first-order chi connectivity index (χ1) is 16.3. The fourth-order valence-electron chi connectivity index (χ4n) is 5.10. The molecular weight excluding hydrogens is 450 g/mol. The molecule has 7 nitrogen and oxygen atoms in total. The van der Waals surface area contributed by atoms with Crippen LogP contribution in [0.2, 0.25) is 0 Å². The molecule has 0 spiro atoms. The minimum atomic E-state index is -3.74. The number of aryl methyl sites for hydroxylation is 1. The number of sulfonamides is 1. The molecule has 0 bridgehead atoms. The lowest BCUT2D eigenvalue weighted by Gasteiger charge is -2.31. The summed E-state index contributed by atoms with van der Waals surface area (Å²) in [6, 6.07) is 12.7. The van der Waals surface area contributed by atoms with Crippen molar-refractivity contribution >= 4 is 33.2 Å². The quantitative estimate of drug-likeness (QED) is 0.705. The fourth-order valence-corrected chi connectivity index (χ4v) is 6.68. The Morgan fingerprint density at radius 1 is 1.03 bits per heavy atom. The summed E-state index contributed by atoms with van der Waals surface area (Å²) in [6.07, 6.45) is 3.83. The summed E-state index contributed by atoms with van der Waals surface area (Å²) in [4.78, 5) is 27.7. The maximum Gasteiger partial charge on any atom is 0.243 e. The minimum Gasteiger partial charge on any atom is -0.326 e. The van der Waals surface area contributed by atoms with Crippen molar-refractivity contribution < 1.29 is 18.0 Å². The first-order valence-electron chi connectivity index (χ1n) is 12.1. The van der Waals surface area contributed by atoms with E-state index in [0.717, 1.165) is 35.3 Å². The van der Waals surface area contributed by atoms with Gasteiger partial charge in [0.25, 0.3) is 0 Å². The van der Waals surface area contributed by atoms with Crippen LogP contribution in [0, 0.1) is 18.8 Å². The summed E-state index contributed by atoms with van der Waals surface area (Å²) in [6.45, 7) is 4.51. The molecule has 2 aromatic rings. The zero-order chi connectivity index (χ0) is 24.0. The number of benzene rings is 2. The Bertz CT molecular complexity index is 1240. The number of carbonyl (C=O) groups is 2. The second-order valence-electron chi connectivity index (χ2n) is 9.83. The van der Waals surface area contributed by atoms with E-state index in [-0.39, 0.29) is 35.2 Å². The lowest BCUT2D eigenvalue weighted by molar-refractivity contribution is -0.121. The van der Waals surface area contributed by atoms with E-state index in [1.54, 1.807) is 18.2 Å². The van der Waals surface area contributed by atoms with Crippen molar-refractivity contribution in [2.45, 2.75) is 56.9 Å². The largest absolute Gasteiger partial charge is 0.326 e. The molecule has 1 saturated heterocycles. The molecule has 3 aliphatic rings. The topological polar surface area (TPSA) is 86.8 Å². The Kier molecular flexibility index (Phi) is 5.98. The molecule has 2 atom stereocenters. The van der Waals surface area contributed by atoms with Gasteiger partial charge in [0.15, 0.2) is 0 Å². The third-order valence-electron chi connectivity index (χ3n) is 7.23. The van der Waals surface area contributed by atoms with Gasteiger partial charge < -0.3 is 10.2 Å². The molecule has 180 valence electrons. The SMILES string of the molecule is Cc1ccccc1NC(=O)C1CCCN(S(=O)(=O)c2ccc3c(c2)CC(C)N3C(=O)C2CC2)C1. The molecule has 2 fully saturated rings. The molecule has 34 heavy (non-hydrogen) atoms. The fraction of sp³-hybridized carbons (Fsp3) is 0.462. The van der Waals surface area contributed by atoms with Gasteiger partial charge in [-0.3, -0.25) is 9.59 Å². The number of hydrogen-bond donors (Lipinski definition) is 1. The molecule has 2 unspecified atom stereocenters. The zero-order valence-electron chi connectivity index (χ0n) is 19.7. The predicted molar refractivity (Wildman–Crippen MR) is 131 cm³/mol. The zero-order valence-corrected chi connectivity index (χ0v) is 20.5. The van der Waals surface area contributed by atoms with E-state index < -0.39 is 15.9 Å². The molecule has 0 radical (unpaired) electrons. The number of para-hydroxylation sites is 1. The lowest BCUT2D eigenvalue weighted by Crippen LogP contribution is -2.43. The van der Waals surface area contributed by atoms with E-state index >= 15 is 0 Å². The number of fused-ring (bicyclic) bond motifs is 1. The molecule has 1 N–H and O–H groups in total. The number of rotatable bonds is 5. The van der Waals surface area contributed by atoms with Crippen LogP contribution < -0.4 is 10.2 Å². The van der Waals surface area contributed by atoms with E-state index in [2.05, 4.69) is 5.32 Å². The maximum atomic E-state index is 13.5. The molecule has 8 heteroatoms. The molecule has 5 rings (SSSR count). The Hall–Kier alpha value is -2.71. The van der Waals surface area contributed by atoms with Gasteiger partial charge in [-0.1, -0.05) is 18.2 Å². The highest BCUT2D eigenvalue weighted by atomic mass is 32.2. The van der Waals surface area contributed by atoms with Gasteiger partial charge in [0.2, 0.25) is 21.8 Å². The first kappa shape index (κ1) is 23.1. The van der Waals surface area contributed by atoms with Gasteiger partial charge in [-0.05, 0) is 81.3 Å². The Morgan fingerprint density at radius 3 is 2.53 bits per heavy atom. The van der Waals surface area contributed by atoms with Gasteiger partial charge >= 0.3 is 0 Å². The standard InChI is InChI=1S/C26H31N3O4S/c1-17-6-3-4-8-23(17)27-25(30)20-7-5-13-28(16-20)34(32,33)22-11-12-24-21(15-22)14-18(2)29(24)26(31)19-9-10-19/h3-4,6,8,11-12,15,18-20H,5,7,9-10,13-14,16H2,1-2H3,(H,27,30). The van der Waals surface area contributed by atoms with Crippen LogP contribution in [-0.4, -0.2) is 43.7 Å². The van der Waals surface area contributed by atoms with E-state index in [4.69, 9.17) is 0 Å². The van der Waals surface area contributed by atoms with Gasteiger partial charge in [0.1, 0.15) is 0 Å². The number of piperidine rings is 1. The summed E-state index contributed by atoms with van der Waals surface area (Å²) in [7, 11) is -3.74. The smallest absolute Gasteiger partial charge is 0.243 e. The van der Waals surface area contributed by atoms with Crippen molar-refractivity contribution in [1.82, 2.24) is 4.31 Å². The second-order valence-corrected chi connectivity index (χ2v) is 11.8. The highest BCUT2D eigenvalue weighted by Gasteiger charge is 2.40. The van der Waals surface area contributed by atoms with Crippen molar-refractivity contribution in [3.8, 4) is 0 Å². The molecule has 2 amide bonds. The number of nitrogens with one attached hydrogen (secondary N) is 1. The van der Waals surface area contributed by atoms with Gasteiger partial charge in [-0.25, -0.2) is 8.42 Å². The van der Waals surface area contributed by atoms with Crippen LogP contribution in [0.1, 0.15) is 43.7 Å². The van der Waals surface area contributed by atoms with Crippen LogP contribution in [0.4, 0.5) is 11.4 Å². The minimum absolute atomic E-state index is 0.0329. The average molecular weight is 482 g/mol. The number of carbonyl (C=O) groups excluding carboxylic acids is 2. The molecule has 0 aromatic heterocycles. The summed E-state index contributed by atoms with van der Waals surface area (Å²) in [5, 5.41) is 2.96. The summed E-state index contributed by atoms with van der Waals surface area (Å²) in [5.41, 5.74) is 3.45. The highest BCUT2D eigenvalue weighted by molar-refractivity contribution is 7.89. The van der Waals surface area contributed by atoms with Crippen LogP contribution in [0.25, 0.3) is 0 Å². The summed E-state index contributed by atoms with van der Waals surface area (Å²) < 4.78 is 28.4. The molecule has 1 aliphatic carbocycles. The van der Waals surface area contributed by atoms with Crippen LogP contribution in [0.5, 0.6) is 0 Å². The molecule has 2 aromatic carbocycles. The van der Waals surface area contributed by atoms with Crippen molar-refractivity contribution in [3.63, 3.8) is 0 Å². The lowest BCUT2D eigenvalue weighted by atomic mass is 9.98. The Balaban J connectivity index is 1.33. The Morgan fingerprint density at radius 2 is 1.79 bits per heavy atom. The number of hydrogen-bond acceptors (Lipinski definition) is 4. The van der Waals surface area contributed by atoms with Crippen LogP contribution in [0.3, 0.4) is 0 Å². The second kappa shape index (κ2) is 8.82. The molecule has 1 saturated carbocycles. The first-order valence-corrected chi connectivity index (χ1v) is 13.5. The molecule has 2 heterocycles. The van der Waals surface area contributed by atoms with Crippen LogP contribution >= 0.6 is 0 Å². The molecule has 2 aliphatic heterocycles. The van der Waals surface area contributed by atoms with E-state index in [1.807, 2.05) is 43.0 Å². The van der Waals surface area contributed by atoms with Crippen LogP contribution in [0.15, 0.2) is 47.4 Å². The maximum absolute atomic E-state index is 13.5. The van der Waals surface area contributed by atoms with Gasteiger partial charge in [-0.15, -0.1) is 0 Å². The predicted octanol–water partition coefficient (Wildman–Crippen LogP) is 3.72. The van der Waals surface area contributed by atoms with Gasteiger partial charge in [-0.2, -0.15) is 4.31 Å². The highest BCUT2D eigenvalue weighted by Crippen LogP contribution is 2.40.